The SMILES string of the molecule is CCc1cc(C(F)(F)F)n2nc(C3CCCN3C(=O)c3ccn(C)n3)cc2n1.O=C(O)CC(O)(CC(=O)O)C(=O)O. The molecule has 14 nitrogen and oxygen atoms in total. The van der Waals surface area contributed by atoms with Crippen LogP contribution < -0.4 is 0 Å². The number of rotatable bonds is 8. The van der Waals surface area contributed by atoms with Gasteiger partial charge in [0, 0.05) is 31.5 Å². The van der Waals surface area contributed by atoms with Crippen LogP contribution >= 0.6 is 0 Å². The van der Waals surface area contributed by atoms with E-state index in [0.29, 0.717) is 36.5 Å². The topological polar surface area (TPSA) is 200 Å². The van der Waals surface area contributed by atoms with Crippen molar-refractivity contribution in [3.63, 3.8) is 0 Å². The first-order chi connectivity index (χ1) is 19.1. The number of alkyl halides is 3. The summed E-state index contributed by atoms with van der Waals surface area (Å²) in [7, 11) is 1.72. The van der Waals surface area contributed by atoms with Crippen molar-refractivity contribution in [3.05, 3.63) is 47.2 Å². The molecule has 4 rings (SSSR count). The largest absolute Gasteiger partial charge is 0.481 e. The van der Waals surface area contributed by atoms with Crippen molar-refractivity contribution < 1.29 is 52.8 Å². The third kappa shape index (κ3) is 7.16. The number of carboxylic acids is 3. The molecular formula is C24H27F3N6O8. The average molecular weight is 585 g/mol. The number of carbonyl (C=O) groups is 4. The molecule has 1 amide bonds. The van der Waals surface area contributed by atoms with E-state index < -0.39 is 54.3 Å². The van der Waals surface area contributed by atoms with Crippen LogP contribution in [0.5, 0.6) is 0 Å². The van der Waals surface area contributed by atoms with Gasteiger partial charge in [-0.25, -0.2) is 14.3 Å². The second-order valence-electron chi connectivity index (χ2n) is 9.33. The minimum atomic E-state index is -4.55. The molecular weight excluding hydrogens is 557 g/mol. The second-order valence-corrected chi connectivity index (χ2v) is 9.33. The molecule has 0 spiro atoms. The van der Waals surface area contributed by atoms with Crippen LogP contribution in [0.15, 0.2) is 24.4 Å². The van der Waals surface area contributed by atoms with Crippen LogP contribution in [-0.4, -0.2) is 85.7 Å². The summed E-state index contributed by atoms with van der Waals surface area (Å²) in [6.45, 7) is 2.26. The molecule has 41 heavy (non-hydrogen) atoms. The first kappa shape index (κ1) is 31.0. The van der Waals surface area contributed by atoms with Crippen LogP contribution in [-0.2, 0) is 34.0 Å². The van der Waals surface area contributed by atoms with E-state index >= 15 is 0 Å². The summed E-state index contributed by atoms with van der Waals surface area (Å²) in [6, 6.07) is 3.79. The molecule has 0 aromatic carbocycles. The molecule has 1 atom stereocenters. The molecule has 222 valence electrons. The van der Waals surface area contributed by atoms with Crippen LogP contribution in [0.3, 0.4) is 0 Å². The monoisotopic (exact) mass is 584 g/mol. The molecule has 0 bridgehead atoms. The number of aryl methyl sites for hydroxylation is 2. The Balaban J connectivity index is 0.000000302. The van der Waals surface area contributed by atoms with Crippen molar-refractivity contribution in [2.45, 2.75) is 56.8 Å². The maximum absolute atomic E-state index is 13.5. The van der Waals surface area contributed by atoms with Crippen LogP contribution in [0.2, 0.25) is 0 Å². The number of fused-ring (bicyclic) bond motifs is 1. The molecule has 17 heteroatoms. The number of carboxylic acid groups (broad SMARTS) is 3. The van der Waals surface area contributed by atoms with Crippen molar-refractivity contribution in [2.75, 3.05) is 6.54 Å². The van der Waals surface area contributed by atoms with Crippen LogP contribution in [0.4, 0.5) is 13.2 Å². The van der Waals surface area contributed by atoms with Gasteiger partial charge in [-0.1, -0.05) is 6.92 Å². The Hall–Kier alpha value is -4.54. The van der Waals surface area contributed by atoms with Crippen LogP contribution in [0.1, 0.15) is 66.2 Å². The highest BCUT2D eigenvalue weighted by Crippen LogP contribution is 2.35. The lowest BCUT2D eigenvalue weighted by molar-refractivity contribution is -0.170. The zero-order valence-electron chi connectivity index (χ0n) is 21.9. The molecule has 4 heterocycles. The summed E-state index contributed by atoms with van der Waals surface area (Å²) >= 11 is 0. The molecule has 0 radical (unpaired) electrons. The molecule has 1 saturated heterocycles. The Morgan fingerprint density at radius 1 is 1.05 bits per heavy atom. The van der Waals surface area contributed by atoms with Crippen molar-refractivity contribution in [1.82, 2.24) is 29.3 Å². The predicted molar refractivity (Wildman–Crippen MR) is 131 cm³/mol. The summed E-state index contributed by atoms with van der Waals surface area (Å²) in [5, 5.41) is 42.1. The fraction of sp³-hybridized carbons (Fsp3) is 0.458. The molecule has 3 aromatic heterocycles. The summed E-state index contributed by atoms with van der Waals surface area (Å²) in [4.78, 5) is 49.2. The summed E-state index contributed by atoms with van der Waals surface area (Å²) in [6.07, 6.45) is -3.40. The van der Waals surface area contributed by atoms with Crippen LogP contribution in [0.25, 0.3) is 5.65 Å². The molecule has 4 N–H and O–H groups in total. The summed E-state index contributed by atoms with van der Waals surface area (Å²) in [5.74, 6) is -5.27. The number of carbonyl (C=O) groups excluding carboxylic acids is 1. The first-order valence-electron chi connectivity index (χ1n) is 12.2. The van der Waals surface area contributed by atoms with E-state index in [2.05, 4.69) is 15.2 Å². The van der Waals surface area contributed by atoms with E-state index in [1.165, 1.54) is 4.68 Å². The number of aliphatic hydroxyl groups is 1. The van der Waals surface area contributed by atoms with E-state index in [0.717, 1.165) is 17.0 Å². The number of hydrogen-bond donors (Lipinski definition) is 4. The second kappa shape index (κ2) is 11.9. The molecule has 0 saturated carbocycles. The lowest BCUT2D eigenvalue weighted by Gasteiger charge is -2.22. The third-order valence-electron chi connectivity index (χ3n) is 6.23. The zero-order valence-corrected chi connectivity index (χ0v) is 21.9. The van der Waals surface area contributed by atoms with Gasteiger partial charge in [-0.15, -0.1) is 0 Å². The Labute approximate surface area is 229 Å². The van der Waals surface area contributed by atoms with E-state index in [1.807, 2.05) is 0 Å². The van der Waals surface area contributed by atoms with Crippen molar-refractivity contribution in [1.29, 1.82) is 0 Å². The van der Waals surface area contributed by atoms with Gasteiger partial charge in [0.05, 0.1) is 24.6 Å². The predicted octanol–water partition coefficient (Wildman–Crippen LogP) is 1.77. The van der Waals surface area contributed by atoms with E-state index in [4.69, 9.17) is 20.4 Å². The molecule has 1 fully saturated rings. The smallest absolute Gasteiger partial charge is 0.433 e. The number of amides is 1. The third-order valence-corrected chi connectivity index (χ3v) is 6.23. The first-order valence-corrected chi connectivity index (χ1v) is 12.2. The Morgan fingerprint density at radius 3 is 2.17 bits per heavy atom. The Kier molecular flexibility index (Phi) is 9.00. The molecule has 1 aliphatic rings. The highest BCUT2D eigenvalue weighted by Gasteiger charge is 2.41. The number of halogens is 3. The standard InChI is InChI=1S/C18H19F3N6O.C6H8O7/c1-3-11-9-15(18(19,20)21)27-16(22-11)10-13(24-27)14-5-4-7-26(14)17(28)12-6-8-25(2)23-12;7-3(8)1-6(13,5(11)12)2-4(9)10/h6,8-10,14H,3-5,7H2,1-2H3;13H,1-2H2,(H,7,8)(H,9,10)(H,11,12). The van der Waals surface area contributed by atoms with Gasteiger partial charge in [0.15, 0.2) is 11.2 Å². The summed E-state index contributed by atoms with van der Waals surface area (Å²) < 4.78 is 42.8. The maximum Gasteiger partial charge on any atom is 0.433 e. The molecule has 0 aliphatic carbocycles. The molecule has 1 aliphatic heterocycles. The van der Waals surface area contributed by atoms with Gasteiger partial charge >= 0.3 is 24.1 Å². The Morgan fingerprint density at radius 2 is 1.68 bits per heavy atom. The van der Waals surface area contributed by atoms with Gasteiger partial charge < -0.3 is 25.3 Å². The minimum absolute atomic E-state index is 0.138. The fourth-order valence-electron chi connectivity index (χ4n) is 4.30. The van der Waals surface area contributed by atoms with Crippen molar-refractivity contribution in [2.24, 2.45) is 7.05 Å². The van der Waals surface area contributed by atoms with Gasteiger partial charge in [0.2, 0.25) is 0 Å². The average Bonchev–Trinajstić information content (AvgIpc) is 3.60. The fourth-order valence-corrected chi connectivity index (χ4v) is 4.30. The lowest BCUT2D eigenvalue weighted by atomic mass is 9.96. The van der Waals surface area contributed by atoms with Gasteiger partial charge in [-0.05, 0) is 31.4 Å². The number of aliphatic carboxylic acids is 3. The summed E-state index contributed by atoms with van der Waals surface area (Å²) in [5.41, 5.74) is -2.40. The number of aromatic nitrogens is 5. The molecule has 1 unspecified atom stereocenters. The lowest BCUT2D eigenvalue weighted by Crippen LogP contribution is -2.42. The minimum Gasteiger partial charge on any atom is -0.481 e. The Bertz CT molecular complexity index is 1450. The number of hydrogen-bond acceptors (Lipinski definition) is 8. The van der Waals surface area contributed by atoms with Gasteiger partial charge in [-0.2, -0.15) is 23.4 Å². The van der Waals surface area contributed by atoms with E-state index in [9.17, 15) is 32.3 Å². The quantitative estimate of drug-likeness (QED) is 0.301. The van der Waals surface area contributed by atoms with Crippen molar-refractivity contribution in [3.8, 4) is 0 Å². The maximum atomic E-state index is 13.5. The number of likely N-dealkylation sites (tertiary alicyclic amines) is 1. The zero-order chi connectivity index (χ0) is 30.7. The van der Waals surface area contributed by atoms with Gasteiger partial charge in [0.1, 0.15) is 11.4 Å². The van der Waals surface area contributed by atoms with E-state index in [-0.39, 0.29) is 11.6 Å². The normalized spacial score (nSPS) is 15.5. The number of nitrogens with zero attached hydrogens (tertiary/aromatic N) is 6. The van der Waals surface area contributed by atoms with Crippen molar-refractivity contribution >= 4 is 29.5 Å². The highest BCUT2D eigenvalue weighted by molar-refractivity contribution is 5.92. The molecule has 3 aromatic rings. The van der Waals surface area contributed by atoms with E-state index in [1.54, 1.807) is 37.2 Å². The highest BCUT2D eigenvalue weighted by atomic mass is 19.4. The van der Waals surface area contributed by atoms with Gasteiger partial charge in [0.25, 0.3) is 5.91 Å². The van der Waals surface area contributed by atoms with Crippen LogP contribution in [0, 0.1) is 0 Å². The van der Waals surface area contributed by atoms with Gasteiger partial charge in [-0.3, -0.25) is 19.1 Å².